The monoisotopic (exact) mass is 277 g/mol. The van der Waals surface area contributed by atoms with Crippen molar-refractivity contribution in [3.05, 3.63) is 18.2 Å². The highest BCUT2D eigenvalue weighted by atomic mass is 16.5. The first kappa shape index (κ1) is 14.2. The lowest BCUT2D eigenvalue weighted by Gasteiger charge is -2.10. The van der Waals surface area contributed by atoms with Gasteiger partial charge in [0.05, 0.1) is 18.2 Å². The Kier molecular flexibility index (Phi) is 4.12. The van der Waals surface area contributed by atoms with Crippen LogP contribution in [0.2, 0.25) is 0 Å². The molecule has 108 valence electrons. The van der Waals surface area contributed by atoms with Gasteiger partial charge < -0.3 is 15.2 Å². The van der Waals surface area contributed by atoms with Crippen molar-refractivity contribution in [1.29, 1.82) is 0 Å². The van der Waals surface area contributed by atoms with Gasteiger partial charge >= 0.3 is 5.97 Å². The van der Waals surface area contributed by atoms with Crippen molar-refractivity contribution in [3.63, 3.8) is 0 Å². The van der Waals surface area contributed by atoms with Gasteiger partial charge in [0.2, 0.25) is 5.95 Å². The van der Waals surface area contributed by atoms with Crippen LogP contribution in [0.4, 0.5) is 5.95 Å². The molecule has 0 aliphatic heterocycles. The Morgan fingerprint density at radius 3 is 2.85 bits per heavy atom. The number of benzene rings is 1. The van der Waals surface area contributed by atoms with Crippen molar-refractivity contribution >= 4 is 23.0 Å². The Morgan fingerprint density at radius 1 is 1.45 bits per heavy atom. The number of carbonyl (C=O) groups excluding carboxylic acids is 1. The summed E-state index contributed by atoms with van der Waals surface area (Å²) in [6.07, 6.45) is 0.0389. The molecule has 1 aromatic heterocycles. The van der Waals surface area contributed by atoms with Crippen LogP contribution in [0.15, 0.2) is 18.2 Å². The highest BCUT2D eigenvalue weighted by Gasteiger charge is 2.15. The average Bonchev–Trinajstić information content (AvgIpc) is 2.67. The van der Waals surface area contributed by atoms with Crippen LogP contribution in [0.5, 0.6) is 5.75 Å². The Bertz CT molecular complexity index is 619. The molecular formula is C14H19N3O3. The van der Waals surface area contributed by atoms with Crippen LogP contribution in [0.25, 0.3) is 11.0 Å². The lowest BCUT2D eigenvalue weighted by molar-refractivity contribution is -0.143. The molecule has 0 saturated heterocycles. The third-order valence-corrected chi connectivity index (χ3v) is 2.73. The van der Waals surface area contributed by atoms with Gasteiger partial charge in [-0.25, -0.2) is 4.98 Å². The van der Waals surface area contributed by atoms with Crippen LogP contribution in [0.3, 0.4) is 0 Å². The predicted octanol–water partition coefficient (Wildman–Crippen LogP) is 1.97. The maximum atomic E-state index is 11.6. The van der Waals surface area contributed by atoms with E-state index in [-0.39, 0.29) is 24.6 Å². The molecule has 1 aromatic carbocycles. The van der Waals surface area contributed by atoms with Gasteiger partial charge in [-0.2, -0.15) is 0 Å². The molecule has 0 bridgehead atoms. The van der Waals surface area contributed by atoms with Crippen molar-refractivity contribution in [2.45, 2.75) is 33.4 Å². The zero-order valence-electron chi connectivity index (χ0n) is 11.9. The minimum absolute atomic E-state index is 0.0389. The van der Waals surface area contributed by atoms with Gasteiger partial charge in [0.25, 0.3) is 0 Å². The highest BCUT2D eigenvalue weighted by molar-refractivity contribution is 5.86. The number of ether oxygens (including phenoxy) is 2. The molecule has 6 nitrogen and oxygen atoms in total. The summed E-state index contributed by atoms with van der Waals surface area (Å²) in [5, 5.41) is 0. The third kappa shape index (κ3) is 2.84. The van der Waals surface area contributed by atoms with Gasteiger partial charge in [0, 0.05) is 0 Å². The smallest absolute Gasteiger partial charge is 0.326 e. The number of aromatic nitrogens is 2. The lowest BCUT2D eigenvalue weighted by atomic mass is 10.3. The van der Waals surface area contributed by atoms with E-state index in [4.69, 9.17) is 15.2 Å². The number of esters is 1. The molecular weight excluding hydrogens is 258 g/mol. The van der Waals surface area contributed by atoms with E-state index in [1.165, 1.54) is 0 Å². The van der Waals surface area contributed by atoms with Crippen LogP contribution in [-0.4, -0.2) is 28.2 Å². The number of fused-ring (bicyclic) bond motifs is 1. The Morgan fingerprint density at radius 2 is 2.20 bits per heavy atom. The van der Waals surface area contributed by atoms with Crippen LogP contribution in [-0.2, 0) is 16.1 Å². The van der Waals surface area contributed by atoms with E-state index in [9.17, 15) is 4.79 Å². The molecule has 0 radical (unpaired) electrons. The van der Waals surface area contributed by atoms with E-state index in [0.717, 1.165) is 5.52 Å². The van der Waals surface area contributed by atoms with Crippen LogP contribution >= 0.6 is 0 Å². The fourth-order valence-corrected chi connectivity index (χ4v) is 1.99. The Balaban J connectivity index is 2.41. The maximum absolute atomic E-state index is 11.6. The second kappa shape index (κ2) is 5.81. The summed E-state index contributed by atoms with van der Waals surface area (Å²) >= 11 is 0. The van der Waals surface area contributed by atoms with Gasteiger partial charge in [-0.3, -0.25) is 9.36 Å². The molecule has 1 heterocycles. The van der Waals surface area contributed by atoms with E-state index in [1.807, 2.05) is 32.0 Å². The number of nitrogens with two attached hydrogens (primary N) is 1. The molecule has 2 N–H and O–H groups in total. The molecule has 0 unspecified atom stereocenters. The Labute approximate surface area is 117 Å². The number of hydrogen-bond acceptors (Lipinski definition) is 5. The number of nitrogen functional groups attached to an aromatic ring is 1. The minimum Gasteiger partial charge on any atom is -0.489 e. The van der Waals surface area contributed by atoms with Gasteiger partial charge in [-0.15, -0.1) is 0 Å². The summed E-state index contributed by atoms with van der Waals surface area (Å²) in [5.41, 5.74) is 7.30. The second-order valence-corrected chi connectivity index (χ2v) is 4.65. The number of para-hydroxylation sites is 1. The first-order chi connectivity index (χ1) is 9.52. The van der Waals surface area contributed by atoms with E-state index >= 15 is 0 Å². The fraction of sp³-hybridized carbons (Fsp3) is 0.429. The molecule has 0 saturated carbocycles. The minimum atomic E-state index is -0.339. The van der Waals surface area contributed by atoms with Crippen molar-refractivity contribution in [2.75, 3.05) is 12.3 Å². The van der Waals surface area contributed by atoms with Crippen LogP contribution in [0.1, 0.15) is 20.8 Å². The maximum Gasteiger partial charge on any atom is 0.326 e. The zero-order valence-corrected chi connectivity index (χ0v) is 11.9. The lowest BCUT2D eigenvalue weighted by Crippen LogP contribution is -2.15. The average molecular weight is 277 g/mol. The molecule has 6 heteroatoms. The standard InChI is InChI=1S/C14H19N3O3/c1-4-19-12(18)8-17-10-6-5-7-11(20-9(2)3)13(10)16-14(17)15/h5-7,9H,4,8H2,1-3H3,(H2,15,16). The van der Waals surface area contributed by atoms with Gasteiger partial charge in [-0.05, 0) is 32.9 Å². The summed E-state index contributed by atoms with van der Waals surface area (Å²) in [6.45, 7) is 6.03. The summed E-state index contributed by atoms with van der Waals surface area (Å²) in [6, 6.07) is 5.54. The molecule has 2 aromatic rings. The third-order valence-electron chi connectivity index (χ3n) is 2.73. The molecule has 2 rings (SSSR count). The molecule has 0 aliphatic carbocycles. The number of imidazole rings is 1. The highest BCUT2D eigenvalue weighted by Crippen LogP contribution is 2.27. The number of carbonyl (C=O) groups is 1. The van der Waals surface area contributed by atoms with Crippen molar-refractivity contribution in [3.8, 4) is 5.75 Å². The van der Waals surface area contributed by atoms with Crippen molar-refractivity contribution in [1.82, 2.24) is 9.55 Å². The van der Waals surface area contributed by atoms with Gasteiger partial charge in [0.15, 0.2) is 0 Å². The molecule has 0 aliphatic rings. The molecule has 0 spiro atoms. The summed E-state index contributed by atoms with van der Waals surface area (Å²) in [4.78, 5) is 15.9. The van der Waals surface area contributed by atoms with E-state index in [0.29, 0.717) is 17.9 Å². The number of rotatable bonds is 5. The topological polar surface area (TPSA) is 79.4 Å². The number of nitrogens with zero attached hydrogens (tertiary/aromatic N) is 2. The number of hydrogen-bond donors (Lipinski definition) is 1. The van der Waals surface area contributed by atoms with E-state index in [1.54, 1.807) is 11.5 Å². The van der Waals surface area contributed by atoms with E-state index < -0.39 is 0 Å². The first-order valence-corrected chi connectivity index (χ1v) is 6.60. The van der Waals surface area contributed by atoms with Crippen LogP contribution in [0, 0.1) is 0 Å². The van der Waals surface area contributed by atoms with Gasteiger partial charge in [0.1, 0.15) is 17.8 Å². The van der Waals surface area contributed by atoms with Gasteiger partial charge in [-0.1, -0.05) is 6.07 Å². The van der Waals surface area contributed by atoms with Crippen LogP contribution < -0.4 is 10.5 Å². The molecule has 20 heavy (non-hydrogen) atoms. The number of anilines is 1. The summed E-state index contributed by atoms with van der Waals surface area (Å²) < 4.78 is 12.3. The summed E-state index contributed by atoms with van der Waals surface area (Å²) in [7, 11) is 0. The summed E-state index contributed by atoms with van der Waals surface area (Å²) in [5.74, 6) is 0.591. The largest absolute Gasteiger partial charge is 0.489 e. The molecule has 0 fully saturated rings. The quantitative estimate of drug-likeness (QED) is 0.845. The second-order valence-electron chi connectivity index (χ2n) is 4.65. The van der Waals surface area contributed by atoms with Crippen molar-refractivity contribution in [2.24, 2.45) is 0 Å². The first-order valence-electron chi connectivity index (χ1n) is 6.60. The zero-order chi connectivity index (χ0) is 14.7. The normalized spacial score (nSPS) is 11.0. The fourth-order valence-electron chi connectivity index (χ4n) is 1.99. The predicted molar refractivity (Wildman–Crippen MR) is 76.5 cm³/mol. The Hall–Kier alpha value is -2.24. The SMILES string of the molecule is CCOC(=O)Cn1c(N)nc2c(OC(C)C)cccc21. The van der Waals surface area contributed by atoms with E-state index in [2.05, 4.69) is 4.98 Å². The molecule has 0 atom stereocenters. The molecule has 0 amide bonds. The van der Waals surface area contributed by atoms with Crippen molar-refractivity contribution < 1.29 is 14.3 Å².